The second-order valence-corrected chi connectivity index (χ2v) is 7.15. The van der Waals surface area contributed by atoms with Gasteiger partial charge < -0.3 is 0 Å². The lowest BCUT2D eigenvalue weighted by Gasteiger charge is -2.01. The van der Waals surface area contributed by atoms with Crippen LogP contribution in [-0.4, -0.2) is 22.8 Å². The van der Waals surface area contributed by atoms with E-state index in [1.807, 2.05) is 30.3 Å². The minimum atomic E-state index is -4.19. The summed E-state index contributed by atoms with van der Waals surface area (Å²) in [5, 5.41) is 20.5. The van der Waals surface area contributed by atoms with Crippen LogP contribution in [0.25, 0.3) is 12.2 Å². The van der Waals surface area contributed by atoms with Gasteiger partial charge in [0.15, 0.2) is 0 Å². The lowest BCUT2D eigenvalue weighted by Crippen LogP contribution is -2.00. The zero-order valence-electron chi connectivity index (χ0n) is 15.4. The molecule has 0 aliphatic rings. The fourth-order valence-electron chi connectivity index (χ4n) is 2.38. The Bertz CT molecular complexity index is 1140. The third-order valence-corrected chi connectivity index (χ3v) is 4.65. The van der Waals surface area contributed by atoms with Crippen molar-refractivity contribution in [3.05, 3.63) is 110 Å². The summed E-state index contributed by atoms with van der Waals surface area (Å²) in [6, 6.07) is 20.8. The first-order chi connectivity index (χ1) is 14.2. The molecule has 0 saturated carbocycles. The number of hydrogen-bond donors (Lipinski definition) is 1. The van der Waals surface area contributed by atoms with Crippen molar-refractivity contribution in [1.82, 2.24) is 0 Å². The molecule has 0 aliphatic carbocycles. The average molecular weight is 428 g/mol. The van der Waals surface area contributed by atoms with Crippen LogP contribution in [0.2, 0.25) is 0 Å². The predicted octanol–water partition coefficient (Wildman–Crippen LogP) is 4.61. The molecule has 0 spiro atoms. The summed E-state index contributed by atoms with van der Waals surface area (Å²) in [4.78, 5) is 18.8. The number of nitro benzene ring substituents is 2. The van der Waals surface area contributed by atoms with Gasteiger partial charge in [0.05, 0.1) is 9.85 Å². The maximum atomic E-state index is 11.2. The monoisotopic (exact) mass is 428 g/mol. The molecule has 0 amide bonds. The second kappa shape index (κ2) is 10.0. The fraction of sp³-hybridized carbons (Fsp3) is 0. The van der Waals surface area contributed by atoms with Gasteiger partial charge in [-0.25, -0.2) is 0 Å². The van der Waals surface area contributed by atoms with E-state index in [9.17, 15) is 28.6 Å². The van der Waals surface area contributed by atoms with Crippen LogP contribution in [0.3, 0.4) is 0 Å². The van der Waals surface area contributed by atoms with Crippen molar-refractivity contribution >= 4 is 33.6 Å². The summed E-state index contributed by atoms with van der Waals surface area (Å²) in [7, 11) is -4.19. The Kier molecular flexibility index (Phi) is 7.50. The Hall–Kier alpha value is -3.89. The number of rotatable bonds is 5. The van der Waals surface area contributed by atoms with Crippen molar-refractivity contribution < 1.29 is 22.8 Å². The Labute approximate surface area is 172 Å². The van der Waals surface area contributed by atoms with E-state index in [0.29, 0.717) is 5.56 Å². The zero-order valence-corrected chi connectivity index (χ0v) is 16.2. The molecule has 0 bridgehead atoms. The van der Waals surface area contributed by atoms with Crippen LogP contribution in [0.5, 0.6) is 0 Å². The van der Waals surface area contributed by atoms with Gasteiger partial charge in [-0.15, -0.1) is 0 Å². The van der Waals surface area contributed by atoms with Gasteiger partial charge in [-0.2, -0.15) is 8.42 Å². The van der Waals surface area contributed by atoms with Crippen LogP contribution in [0.1, 0.15) is 11.1 Å². The molecule has 0 saturated heterocycles. The van der Waals surface area contributed by atoms with Crippen LogP contribution in [0.15, 0.2) is 83.8 Å². The minimum absolute atomic E-state index is 0.0859. The van der Waals surface area contributed by atoms with Gasteiger partial charge in [0.1, 0.15) is 4.90 Å². The van der Waals surface area contributed by atoms with E-state index in [0.717, 1.165) is 17.7 Å². The first kappa shape index (κ1) is 22.4. The van der Waals surface area contributed by atoms with Gasteiger partial charge in [0.25, 0.3) is 10.1 Å². The fourth-order valence-corrected chi connectivity index (χ4v) is 3.06. The van der Waals surface area contributed by atoms with E-state index in [1.54, 1.807) is 30.4 Å². The van der Waals surface area contributed by atoms with Crippen LogP contribution in [0.4, 0.5) is 11.4 Å². The molecule has 0 unspecified atom stereocenters. The maximum absolute atomic E-state index is 11.2. The summed E-state index contributed by atoms with van der Waals surface area (Å²) in [5.41, 5.74) is 0.455. The maximum Gasteiger partial charge on any atom is 0.346 e. The third kappa shape index (κ3) is 6.33. The van der Waals surface area contributed by atoms with E-state index in [-0.39, 0.29) is 4.90 Å². The molecule has 0 fully saturated rings. The van der Waals surface area contributed by atoms with Crippen molar-refractivity contribution in [3.63, 3.8) is 0 Å². The van der Waals surface area contributed by atoms with Crippen molar-refractivity contribution in [2.45, 2.75) is 4.90 Å². The number of nitro groups is 2. The summed E-state index contributed by atoms with van der Waals surface area (Å²) < 4.78 is 31.5. The molecular weight excluding hydrogens is 412 g/mol. The SMILES string of the molecule is O=S(=O)(O)c1ccccc1C=Cc1ccccc1.O=[N+]([O-])c1ccccc1[N+](=O)[O-]. The van der Waals surface area contributed by atoms with Gasteiger partial charge in [-0.3, -0.25) is 24.8 Å². The highest BCUT2D eigenvalue weighted by molar-refractivity contribution is 7.85. The van der Waals surface area contributed by atoms with E-state index in [1.165, 1.54) is 18.2 Å². The van der Waals surface area contributed by atoms with Crippen molar-refractivity contribution in [2.24, 2.45) is 0 Å². The standard InChI is InChI=1S/C14H12O3S.C6H4N2O4/c15-18(16,17)14-9-5-4-8-13(14)11-10-12-6-2-1-3-7-12;9-7(10)5-3-1-2-4-6(5)8(11)12/h1-11H,(H,15,16,17);1-4H. The molecule has 3 aromatic carbocycles. The van der Waals surface area contributed by atoms with Crippen molar-refractivity contribution in [2.75, 3.05) is 0 Å². The third-order valence-electron chi connectivity index (χ3n) is 3.73. The summed E-state index contributed by atoms with van der Waals surface area (Å²) in [5.74, 6) is 0. The molecule has 1 N–H and O–H groups in total. The topological polar surface area (TPSA) is 141 Å². The molecule has 3 aromatic rings. The van der Waals surface area contributed by atoms with Crippen molar-refractivity contribution in [3.8, 4) is 0 Å². The number of para-hydroxylation sites is 2. The molecule has 10 heteroatoms. The zero-order chi connectivity index (χ0) is 22.1. The van der Waals surface area contributed by atoms with Gasteiger partial charge in [0, 0.05) is 12.1 Å². The van der Waals surface area contributed by atoms with Gasteiger partial charge in [-0.1, -0.05) is 72.8 Å². The lowest BCUT2D eigenvalue weighted by molar-refractivity contribution is -0.422. The van der Waals surface area contributed by atoms with E-state index >= 15 is 0 Å². The van der Waals surface area contributed by atoms with Crippen LogP contribution in [0, 0.1) is 20.2 Å². The Balaban J connectivity index is 0.000000232. The highest BCUT2D eigenvalue weighted by Gasteiger charge is 2.21. The number of nitrogens with zero attached hydrogens (tertiary/aromatic N) is 2. The summed E-state index contributed by atoms with van der Waals surface area (Å²) in [6.07, 6.45) is 3.46. The summed E-state index contributed by atoms with van der Waals surface area (Å²) >= 11 is 0. The average Bonchev–Trinajstić information content (AvgIpc) is 2.73. The van der Waals surface area contributed by atoms with Gasteiger partial charge in [0.2, 0.25) is 0 Å². The lowest BCUT2D eigenvalue weighted by atomic mass is 10.1. The highest BCUT2D eigenvalue weighted by Crippen LogP contribution is 2.24. The van der Waals surface area contributed by atoms with E-state index in [2.05, 4.69) is 0 Å². The molecule has 0 aromatic heterocycles. The Morgan fingerprint density at radius 3 is 1.67 bits per heavy atom. The largest absolute Gasteiger partial charge is 0.346 e. The minimum Gasteiger partial charge on any atom is -0.282 e. The normalized spacial score (nSPS) is 10.8. The van der Waals surface area contributed by atoms with E-state index in [4.69, 9.17) is 4.55 Å². The molecule has 154 valence electrons. The molecule has 0 radical (unpaired) electrons. The molecule has 0 aliphatic heterocycles. The van der Waals surface area contributed by atoms with E-state index < -0.39 is 31.3 Å². The van der Waals surface area contributed by atoms with Crippen LogP contribution in [-0.2, 0) is 10.1 Å². The quantitative estimate of drug-likeness (QED) is 0.271. The second-order valence-electron chi connectivity index (χ2n) is 5.76. The number of hydrogen-bond acceptors (Lipinski definition) is 6. The molecule has 0 atom stereocenters. The van der Waals surface area contributed by atoms with Crippen molar-refractivity contribution in [1.29, 1.82) is 0 Å². The summed E-state index contributed by atoms with van der Waals surface area (Å²) in [6.45, 7) is 0. The molecule has 30 heavy (non-hydrogen) atoms. The molecular formula is C20H16N2O7S. The van der Waals surface area contributed by atoms with Crippen LogP contribution < -0.4 is 0 Å². The van der Waals surface area contributed by atoms with Crippen LogP contribution >= 0.6 is 0 Å². The first-order valence-corrected chi connectivity index (χ1v) is 9.81. The van der Waals surface area contributed by atoms with Gasteiger partial charge >= 0.3 is 11.4 Å². The smallest absolute Gasteiger partial charge is 0.282 e. The highest BCUT2D eigenvalue weighted by atomic mass is 32.2. The molecule has 9 nitrogen and oxygen atoms in total. The molecule has 3 rings (SSSR count). The predicted molar refractivity (Wildman–Crippen MR) is 111 cm³/mol. The Morgan fingerprint density at radius 1 is 0.700 bits per heavy atom. The Morgan fingerprint density at radius 2 is 1.17 bits per heavy atom. The first-order valence-electron chi connectivity index (χ1n) is 8.37. The van der Waals surface area contributed by atoms with Gasteiger partial charge in [-0.05, 0) is 17.2 Å². The number of benzene rings is 3. The molecule has 0 heterocycles.